The van der Waals surface area contributed by atoms with Gasteiger partial charge in [0.2, 0.25) is 0 Å². The number of oxazole rings is 1. The van der Waals surface area contributed by atoms with Crippen molar-refractivity contribution in [2.45, 2.75) is 6.67 Å². The molecule has 4 rings (SSSR count). The summed E-state index contributed by atoms with van der Waals surface area (Å²) >= 11 is 1.47. The summed E-state index contributed by atoms with van der Waals surface area (Å²) in [5, 5.41) is 1.92. The Kier molecular flexibility index (Phi) is 3.95. The lowest BCUT2D eigenvalue weighted by Crippen LogP contribution is -2.49. The molecule has 1 saturated heterocycles. The number of amides is 1. The van der Waals surface area contributed by atoms with Gasteiger partial charge in [-0.1, -0.05) is 18.2 Å². The summed E-state index contributed by atoms with van der Waals surface area (Å²) in [6, 6.07) is 11.2. The molecule has 2 aromatic heterocycles. The number of rotatable bonds is 3. The Balaban J connectivity index is 1.44. The Morgan fingerprint density at radius 2 is 1.88 bits per heavy atom. The first kappa shape index (κ1) is 15.2. The van der Waals surface area contributed by atoms with Crippen molar-refractivity contribution in [3.63, 3.8) is 0 Å². The fourth-order valence-corrected chi connectivity index (χ4v) is 3.69. The number of piperazine rings is 1. The summed E-state index contributed by atoms with van der Waals surface area (Å²) < 4.78 is 6.91. The van der Waals surface area contributed by atoms with Gasteiger partial charge in [0, 0.05) is 26.2 Å². The maximum atomic E-state index is 12.4. The number of carbonyl (C=O) groups is 1. The molecule has 0 aliphatic carbocycles. The molecule has 1 fully saturated rings. The second kappa shape index (κ2) is 6.26. The molecule has 0 atom stereocenters. The van der Waals surface area contributed by atoms with Crippen LogP contribution in [0.1, 0.15) is 9.67 Å². The van der Waals surface area contributed by atoms with E-state index in [2.05, 4.69) is 4.90 Å². The second-order valence-corrected chi connectivity index (χ2v) is 6.74. The fraction of sp³-hybridized carbons (Fsp3) is 0.294. The van der Waals surface area contributed by atoms with Crippen molar-refractivity contribution in [3.05, 3.63) is 57.2 Å². The zero-order valence-electron chi connectivity index (χ0n) is 13.1. The van der Waals surface area contributed by atoms with E-state index in [0.29, 0.717) is 25.3 Å². The molecule has 1 aromatic carbocycles. The molecule has 0 N–H and O–H groups in total. The van der Waals surface area contributed by atoms with Crippen LogP contribution in [0.3, 0.4) is 0 Å². The highest BCUT2D eigenvalue weighted by molar-refractivity contribution is 7.12. The quantitative estimate of drug-likeness (QED) is 0.730. The van der Waals surface area contributed by atoms with Crippen LogP contribution >= 0.6 is 11.3 Å². The Labute approximate surface area is 142 Å². The third-order valence-corrected chi connectivity index (χ3v) is 5.16. The summed E-state index contributed by atoms with van der Waals surface area (Å²) in [7, 11) is 0. The second-order valence-electron chi connectivity index (χ2n) is 5.79. The van der Waals surface area contributed by atoms with Crippen molar-refractivity contribution in [1.29, 1.82) is 0 Å². The first-order valence-corrected chi connectivity index (χ1v) is 8.74. The number of hydrogen-bond donors (Lipinski definition) is 0. The molecule has 0 saturated carbocycles. The van der Waals surface area contributed by atoms with E-state index in [1.54, 1.807) is 10.6 Å². The number of para-hydroxylation sites is 2. The monoisotopic (exact) mass is 343 g/mol. The number of fused-ring (bicyclic) bond motifs is 1. The average molecular weight is 343 g/mol. The number of carbonyl (C=O) groups excluding carboxylic acids is 1. The van der Waals surface area contributed by atoms with Gasteiger partial charge in [0.1, 0.15) is 0 Å². The Hall–Kier alpha value is -2.38. The van der Waals surface area contributed by atoms with Crippen molar-refractivity contribution in [2.24, 2.45) is 0 Å². The van der Waals surface area contributed by atoms with E-state index in [4.69, 9.17) is 4.42 Å². The van der Waals surface area contributed by atoms with E-state index in [1.807, 2.05) is 40.6 Å². The van der Waals surface area contributed by atoms with Gasteiger partial charge in [0.05, 0.1) is 17.1 Å². The maximum Gasteiger partial charge on any atom is 0.421 e. The Morgan fingerprint density at radius 1 is 1.08 bits per heavy atom. The van der Waals surface area contributed by atoms with Gasteiger partial charge in [0.25, 0.3) is 5.91 Å². The third kappa shape index (κ3) is 2.76. The molecule has 7 heteroatoms. The molecule has 3 heterocycles. The summed E-state index contributed by atoms with van der Waals surface area (Å²) in [4.78, 5) is 29.2. The van der Waals surface area contributed by atoms with Crippen LogP contribution in [0.2, 0.25) is 0 Å². The molecule has 0 unspecified atom stereocenters. The van der Waals surface area contributed by atoms with Crippen LogP contribution in [-0.2, 0) is 6.67 Å². The zero-order chi connectivity index (χ0) is 16.5. The molecule has 124 valence electrons. The highest BCUT2D eigenvalue weighted by Gasteiger charge is 2.23. The molecule has 0 bridgehead atoms. The van der Waals surface area contributed by atoms with Gasteiger partial charge in [-0.05, 0) is 23.6 Å². The van der Waals surface area contributed by atoms with Gasteiger partial charge >= 0.3 is 5.76 Å². The maximum absolute atomic E-state index is 12.4. The van der Waals surface area contributed by atoms with E-state index >= 15 is 0 Å². The lowest BCUT2D eigenvalue weighted by Gasteiger charge is -2.34. The summed E-state index contributed by atoms with van der Waals surface area (Å²) in [6.07, 6.45) is 0. The van der Waals surface area contributed by atoms with E-state index in [9.17, 15) is 9.59 Å². The van der Waals surface area contributed by atoms with Crippen LogP contribution in [-0.4, -0.2) is 46.5 Å². The molecule has 24 heavy (non-hydrogen) atoms. The predicted molar refractivity (Wildman–Crippen MR) is 92.3 cm³/mol. The fourth-order valence-electron chi connectivity index (χ4n) is 3.00. The predicted octanol–water partition coefficient (Wildman–Crippen LogP) is 2.07. The average Bonchev–Trinajstić information content (AvgIpc) is 3.24. The van der Waals surface area contributed by atoms with Crippen LogP contribution in [0, 0.1) is 0 Å². The molecule has 6 nitrogen and oxygen atoms in total. The van der Waals surface area contributed by atoms with E-state index in [0.717, 1.165) is 23.5 Å². The van der Waals surface area contributed by atoms with Crippen LogP contribution in [0.15, 0.2) is 51.0 Å². The number of thiophene rings is 1. The largest absolute Gasteiger partial charge is 0.421 e. The van der Waals surface area contributed by atoms with Gasteiger partial charge in [0.15, 0.2) is 5.58 Å². The Bertz CT molecular complexity index is 905. The summed E-state index contributed by atoms with van der Waals surface area (Å²) in [6.45, 7) is 3.30. The summed E-state index contributed by atoms with van der Waals surface area (Å²) in [5.74, 6) is -0.246. The number of hydrogen-bond acceptors (Lipinski definition) is 5. The van der Waals surface area contributed by atoms with Crippen LogP contribution in [0.25, 0.3) is 11.1 Å². The minimum atomic E-state index is -0.340. The van der Waals surface area contributed by atoms with Crippen molar-refractivity contribution in [3.8, 4) is 0 Å². The Morgan fingerprint density at radius 3 is 2.62 bits per heavy atom. The smallest absolute Gasteiger partial charge is 0.408 e. The topological polar surface area (TPSA) is 58.7 Å². The molecule has 0 radical (unpaired) electrons. The van der Waals surface area contributed by atoms with E-state index < -0.39 is 0 Å². The summed E-state index contributed by atoms with van der Waals surface area (Å²) in [5.41, 5.74) is 1.41. The van der Waals surface area contributed by atoms with Gasteiger partial charge in [-0.15, -0.1) is 11.3 Å². The molecular weight excluding hydrogens is 326 g/mol. The first-order valence-electron chi connectivity index (χ1n) is 7.86. The van der Waals surface area contributed by atoms with E-state index in [-0.39, 0.29) is 11.7 Å². The molecule has 1 aliphatic heterocycles. The van der Waals surface area contributed by atoms with Gasteiger partial charge in [-0.2, -0.15) is 0 Å². The minimum Gasteiger partial charge on any atom is -0.408 e. The van der Waals surface area contributed by atoms with Gasteiger partial charge < -0.3 is 9.32 Å². The lowest BCUT2D eigenvalue weighted by molar-refractivity contribution is 0.0597. The van der Waals surface area contributed by atoms with Crippen LogP contribution < -0.4 is 5.76 Å². The zero-order valence-corrected chi connectivity index (χ0v) is 13.9. The number of nitrogens with zero attached hydrogens (tertiary/aromatic N) is 3. The van der Waals surface area contributed by atoms with E-state index in [1.165, 1.54) is 11.3 Å². The first-order chi connectivity index (χ1) is 11.7. The third-order valence-electron chi connectivity index (χ3n) is 4.31. The molecule has 1 aliphatic rings. The standard InChI is InChI=1S/C17H17N3O3S/c21-16(15-6-3-11-24-15)19-9-7-18(8-10-19)12-20-13-4-1-2-5-14(13)23-17(20)22/h1-6,11H,7-10,12H2. The molecule has 3 aromatic rings. The van der Waals surface area contributed by atoms with Crippen molar-refractivity contribution in [1.82, 2.24) is 14.4 Å². The van der Waals surface area contributed by atoms with Crippen LogP contribution in [0.5, 0.6) is 0 Å². The molecule has 0 spiro atoms. The van der Waals surface area contributed by atoms with Crippen molar-refractivity contribution >= 4 is 28.3 Å². The SMILES string of the molecule is O=C(c1cccs1)N1CCN(Cn2c(=O)oc3ccccc32)CC1. The normalized spacial score (nSPS) is 15.9. The lowest BCUT2D eigenvalue weighted by atomic mass is 10.3. The van der Waals surface area contributed by atoms with Crippen molar-refractivity contribution in [2.75, 3.05) is 26.2 Å². The highest BCUT2D eigenvalue weighted by atomic mass is 32.1. The molecule has 1 amide bonds. The molecular formula is C17H17N3O3S. The van der Waals surface area contributed by atoms with Crippen LogP contribution in [0.4, 0.5) is 0 Å². The number of benzene rings is 1. The van der Waals surface area contributed by atoms with Gasteiger partial charge in [-0.25, -0.2) is 4.79 Å². The highest BCUT2D eigenvalue weighted by Crippen LogP contribution is 2.16. The van der Waals surface area contributed by atoms with Crippen molar-refractivity contribution < 1.29 is 9.21 Å². The minimum absolute atomic E-state index is 0.0931. The van der Waals surface area contributed by atoms with Gasteiger partial charge in [-0.3, -0.25) is 14.3 Å². The number of aromatic nitrogens is 1.